The summed E-state index contributed by atoms with van der Waals surface area (Å²) in [6.07, 6.45) is 5.65. The topological polar surface area (TPSA) is 26.3 Å². The second-order valence-corrected chi connectivity index (χ2v) is 4.72. The molecule has 1 aliphatic heterocycles. The molecular weight excluding hydrogens is 324 g/mol. The highest BCUT2D eigenvalue weighted by atomic mass is 79.9. The van der Waals surface area contributed by atoms with E-state index in [-0.39, 0.29) is 5.97 Å². The number of halogens is 2. The molecule has 0 aromatic heterocycles. The maximum Gasteiger partial charge on any atom is 0.351 e. The summed E-state index contributed by atoms with van der Waals surface area (Å²) in [7, 11) is 0. The lowest BCUT2D eigenvalue weighted by molar-refractivity contribution is -0.132. The van der Waals surface area contributed by atoms with Crippen LogP contribution in [0.5, 0.6) is 0 Å². The summed E-state index contributed by atoms with van der Waals surface area (Å²) < 4.78 is 5.62. The number of unbranched alkanes of at least 4 members (excludes halogenated alkanes) is 3. The summed E-state index contributed by atoms with van der Waals surface area (Å²) >= 11 is 6.46. The molecule has 0 bridgehead atoms. The number of rotatable bonds is 5. The second kappa shape index (κ2) is 6.48. The van der Waals surface area contributed by atoms with E-state index in [0.717, 1.165) is 18.4 Å². The van der Waals surface area contributed by atoms with Crippen LogP contribution in [0.2, 0.25) is 0 Å². The van der Waals surface area contributed by atoms with Crippen LogP contribution < -0.4 is 0 Å². The van der Waals surface area contributed by atoms with Crippen molar-refractivity contribution in [1.82, 2.24) is 0 Å². The van der Waals surface area contributed by atoms with Gasteiger partial charge in [-0.25, -0.2) is 4.79 Å². The zero-order valence-electron chi connectivity index (χ0n) is 8.69. The minimum absolute atomic E-state index is 0.286. The molecule has 0 atom stereocenters. The Bertz CT molecular complexity index is 306. The first-order chi connectivity index (χ1) is 7.20. The zero-order valence-corrected chi connectivity index (χ0v) is 11.9. The van der Waals surface area contributed by atoms with E-state index in [9.17, 15) is 4.79 Å². The average Bonchev–Trinajstić information content (AvgIpc) is 2.51. The molecule has 0 aliphatic carbocycles. The SMILES string of the molecule is CCCCCCC1=C(Br)C(=O)OC1=CBr. The van der Waals surface area contributed by atoms with E-state index >= 15 is 0 Å². The first-order valence-corrected chi connectivity index (χ1v) is 6.83. The van der Waals surface area contributed by atoms with Crippen molar-refractivity contribution in [3.05, 3.63) is 20.8 Å². The van der Waals surface area contributed by atoms with E-state index in [2.05, 4.69) is 38.8 Å². The Morgan fingerprint density at radius 2 is 2.07 bits per heavy atom. The van der Waals surface area contributed by atoms with E-state index in [1.54, 1.807) is 4.99 Å². The predicted octanol–water partition coefficient (Wildman–Crippen LogP) is 4.40. The van der Waals surface area contributed by atoms with Gasteiger partial charge in [-0.1, -0.05) is 42.1 Å². The lowest BCUT2D eigenvalue weighted by atomic mass is 10.1. The van der Waals surface area contributed by atoms with Crippen molar-refractivity contribution in [2.45, 2.75) is 39.0 Å². The van der Waals surface area contributed by atoms with E-state index in [1.165, 1.54) is 19.3 Å². The molecule has 0 aromatic carbocycles. The Morgan fingerprint density at radius 1 is 1.33 bits per heavy atom. The van der Waals surface area contributed by atoms with Crippen molar-refractivity contribution in [2.24, 2.45) is 0 Å². The Morgan fingerprint density at radius 3 is 2.67 bits per heavy atom. The zero-order chi connectivity index (χ0) is 11.3. The van der Waals surface area contributed by atoms with Gasteiger partial charge < -0.3 is 4.74 Å². The molecule has 0 radical (unpaired) electrons. The Kier molecular flexibility index (Phi) is 5.61. The van der Waals surface area contributed by atoms with Crippen LogP contribution in [0.1, 0.15) is 39.0 Å². The molecule has 0 fully saturated rings. The molecule has 1 rings (SSSR count). The van der Waals surface area contributed by atoms with Crippen LogP contribution in [0.15, 0.2) is 20.8 Å². The summed E-state index contributed by atoms with van der Waals surface area (Å²) in [5, 5.41) is 0. The van der Waals surface area contributed by atoms with Crippen LogP contribution in [0.25, 0.3) is 0 Å². The number of ether oxygens (including phenoxy) is 1. The van der Waals surface area contributed by atoms with Crippen LogP contribution in [0.4, 0.5) is 0 Å². The molecule has 1 heterocycles. The fraction of sp³-hybridized carbons (Fsp3) is 0.545. The van der Waals surface area contributed by atoms with Gasteiger partial charge in [0.15, 0.2) is 0 Å². The van der Waals surface area contributed by atoms with Crippen molar-refractivity contribution in [2.75, 3.05) is 0 Å². The molecule has 0 unspecified atom stereocenters. The monoisotopic (exact) mass is 336 g/mol. The number of hydrogen-bond acceptors (Lipinski definition) is 2. The lowest BCUT2D eigenvalue weighted by Crippen LogP contribution is -1.92. The largest absolute Gasteiger partial charge is 0.422 e. The molecule has 0 amide bonds. The van der Waals surface area contributed by atoms with Gasteiger partial charge in [0, 0.05) is 10.6 Å². The van der Waals surface area contributed by atoms with Gasteiger partial charge in [0.25, 0.3) is 0 Å². The van der Waals surface area contributed by atoms with Gasteiger partial charge in [0.05, 0.1) is 0 Å². The Hall–Kier alpha value is -0.0900. The van der Waals surface area contributed by atoms with Crippen LogP contribution >= 0.6 is 31.9 Å². The van der Waals surface area contributed by atoms with Crippen LogP contribution in [0.3, 0.4) is 0 Å². The Labute approximate surface area is 107 Å². The summed E-state index contributed by atoms with van der Waals surface area (Å²) in [5.74, 6) is 0.356. The van der Waals surface area contributed by atoms with Gasteiger partial charge in [0.2, 0.25) is 0 Å². The normalized spacial score (nSPS) is 18.9. The molecule has 84 valence electrons. The summed E-state index contributed by atoms with van der Waals surface area (Å²) in [6.45, 7) is 2.18. The summed E-state index contributed by atoms with van der Waals surface area (Å²) in [4.78, 5) is 12.9. The maximum atomic E-state index is 11.3. The van der Waals surface area contributed by atoms with Crippen molar-refractivity contribution in [3.63, 3.8) is 0 Å². The van der Waals surface area contributed by atoms with Crippen molar-refractivity contribution >= 4 is 37.8 Å². The first-order valence-electron chi connectivity index (χ1n) is 5.12. The third kappa shape index (κ3) is 3.45. The van der Waals surface area contributed by atoms with Crippen molar-refractivity contribution in [1.29, 1.82) is 0 Å². The average molecular weight is 338 g/mol. The van der Waals surface area contributed by atoms with Crippen LogP contribution in [0, 0.1) is 0 Å². The fourth-order valence-corrected chi connectivity index (χ4v) is 2.33. The summed E-state index contributed by atoms with van der Waals surface area (Å²) in [6, 6.07) is 0. The molecule has 0 saturated heterocycles. The van der Waals surface area contributed by atoms with Gasteiger partial charge >= 0.3 is 5.97 Å². The van der Waals surface area contributed by atoms with E-state index in [1.807, 2.05) is 0 Å². The van der Waals surface area contributed by atoms with E-state index in [0.29, 0.717) is 10.2 Å². The third-order valence-corrected chi connectivity index (χ3v) is 3.54. The molecule has 0 saturated carbocycles. The number of hydrogen-bond donors (Lipinski definition) is 0. The minimum atomic E-state index is -0.286. The fourth-order valence-electron chi connectivity index (χ4n) is 1.49. The van der Waals surface area contributed by atoms with Gasteiger partial charge in [-0.15, -0.1) is 0 Å². The lowest BCUT2D eigenvalue weighted by Gasteiger charge is -2.02. The maximum absolute atomic E-state index is 11.3. The Balaban J connectivity index is 2.54. The molecule has 15 heavy (non-hydrogen) atoms. The first kappa shape index (κ1) is 13.0. The third-order valence-electron chi connectivity index (χ3n) is 2.32. The standard InChI is InChI=1S/C11H14Br2O2/c1-2-3-4-5-6-8-9(7-12)15-11(14)10(8)13/h7H,2-6H2,1H3. The second-order valence-electron chi connectivity index (χ2n) is 3.47. The summed E-state index contributed by atoms with van der Waals surface area (Å²) in [5.41, 5.74) is 0.980. The number of esters is 1. The van der Waals surface area contributed by atoms with Gasteiger partial charge in [-0.2, -0.15) is 0 Å². The van der Waals surface area contributed by atoms with Gasteiger partial charge in [-0.3, -0.25) is 0 Å². The minimum Gasteiger partial charge on any atom is -0.422 e. The van der Waals surface area contributed by atoms with Crippen molar-refractivity contribution < 1.29 is 9.53 Å². The smallest absolute Gasteiger partial charge is 0.351 e. The van der Waals surface area contributed by atoms with Crippen LogP contribution in [-0.4, -0.2) is 5.97 Å². The number of carbonyl (C=O) groups excluding carboxylic acids is 1. The highest BCUT2D eigenvalue weighted by Gasteiger charge is 2.26. The molecular formula is C11H14Br2O2. The van der Waals surface area contributed by atoms with Crippen molar-refractivity contribution in [3.8, 4) is 0 Å². The number of allylic oxidation sites excluding steroid dienone is 1. The molecule has 0 aromatic rings. The molecule has 1 aliphatic rings. The molecule has 4 heteroatoms. The van der Waals surface area contributed by atoms with E-state index < -0.39 is 0 Å². The highest BCUT2D eigenvalue weighted by molar-refractivity contribution is 9.12. The van der Waals surface area contributed by atoms with Crippen LogP contribution in [-0.2, 0) is 9.53 Å². The molecule has 0 N–H and O–H groups in total. The van der Waals surface area contributed by atoms with Gasteiger partial charge in [-0.05, 0) is 28.8 Å². The van der Waals surface area contributed by atoms with Gasteiger partial charge in [0.1, 0.15) is 10.2 Å². The quantitative estimate of drug-likeness (QED) is 0.549. The van der Waals surface area contributed by atoms with E-state index in [4.69, 9.17) is 4.74 Å². The highest BCUT2D eigenvalue weighted by Crippen LogP contribution is 2.34. The molecule has 2 nitrogen and oxygen atoms in total. The molecule has 0 spiro atoms. The number of carbonyl (C=O) groups is 1. The predicted molar refractivity (Wildman–Crippen MR) is 67.8 cm³/mol. The number of cyclic esters (lactones) is 1.